The van der Waals surface area contributed by atoms with Gasteiger partial charge in [0.25, 0.3) is 0 Å². The topological polar surface area (TPSA) is 75.9 Å². The van der Waals surface area contributed by atoms with Gasteiger partial charge in [0.15, 0.2) is 18.3 Å². The lowest BCUT2D eigenvalue weighted by atomic mass is 10.0. The van der Waals surface area contributed by atoms with Crippen molar-refractivity contribution in [2.24, 2.45) is 0 Å². The fraction of sp³-hybridized carbons (Fsp3) is 0.286. The summed E-state index contributed by atoms with van der Waals surface area (Å²) in [5.41, 5.74) is 0.721. The predicted octanol–water partition coefficient (Wildman–Crippen LogP) is 3.28. The summed E-state index contributed by atoms with van der Waals surface area (Å²) in [6.45, 7) is 0.222. The Hall–Kier alpha value is -2.47. The number of carbonyl (C=O) groups is 1. The highest BCUT2D eigenvalue weighted by Gasteiger charge is 2.29. The van der Waals surface area contributed by atoms with E-state index in [1.165, 1.54) is 17.4 Å². The van der Waals surface area contributed by atoms with Gasteiger partial charge in [0.1, 0.15) is 5.01 Å². The second-order valence-corrected chi connectivity index (χ2v) is 5.43. The Bertz CT molecular complexity index is 752. The summed E-state index contributed by atoms with van der Waals surface area (Å²) in [4.78, 5) is 20.1. The third-order valence-electron chi connectivity index (χ3n) is 2.68. The zero-order chi connectivity index (χ0) is 17.0. The third-order valence-corrected chi connectivity index (χ3v) is 3.71. The normalized spacial score (nSPS) is 12.5. The maximum Gasteiger partial charge on any atom is 0.422 e. The number of rotatable bonds is 5. The van der Waals surface area contributed by atoms with Crippen LogP contribution in [0.3, 0.4) is 0 Å². The summed E-state index contributed by atoms with van der Waals surface area (Å²) in [6.07, 6.45) is -3.35. The number of carbonyl (C=O) groups excluding carboxylic acids is 1. The Morgan fingerprint density at radius 3 is 2.83 bits per heavy atom. The van der Waals surface area contributed by atoms with Crippen LogP contribution in [-0.4, -0.2) is 28.5 Å². The first-order chi connectivity index (χ1) is 10.8. The summed E-state index contributed by atoms with van der Waals surface area (Å²) in [5, 5.41) is 11.2. The Labute approximate surface area is 133 Å². The standard InChI is InChI=1S/C14H10F3N3O2S/c1-8-6-23-13(20-8)10(5-18)12(21)9-2-3-19-11(4-9)22-7-14(15,16)17/h2-4,6,10H,7H2,1H3. The minimum absolute atomic E-state index is 0.0385. The molecule has 0 saturated carbocycles. The molecular weight excluding hydrogens is 331 g/mol. The number of ketones is 1. The summed E-state index contributed by atoms with van der Waals surface area (Å²) < 4.78 is 40.9. The van der Waals surface area contributed by atoms with E-state index in [2.05, 4.69) is 14.7 Å². The van der Waals surface area contributed by atoms with Crippen LogP contribution in [0.5, 0.6) is 5.88 Å². The molecule has 2 aromatic rings. The van der Waals surface area contributed by atoms with Gasteiger partial charge in [-0.15, -0.1) is 11.3 Å². The van der Waals surface area contributed by atoms with Gasteiger partial charge in [-0.05, 0) is 13.0 Å². The number of thiazole rings is 1. The average Bonchev–Trinajstić information content (AvgIpc) is 2.92. The Balaban J connectivity index is 2.20. The molecule has 0 amide bonds. The molecule has 0 aliphatic heterocycles. The van der Waals surface area contributed by atoms with Crippen LogP contribution in [0.4, 0.5) is 13.2 Å². The van der Waals surface area contributed by atoms with E-state index in [9.17, 15) is 23.2 Å². The SMILES string of the molecule is Cc1csc(C(C#N)C(=O)c2ccnc(OCC(F)(F)F)c2)n1. The molecule has 0 aromatic carbocycles. The molecule has 23 heavy (non-hydrogen) atoms. The van der Waals surface area contributed by atoms with E-state index >= 15 is 0 Å². The minimum Gasteiger partial charge on any atom is -0.468 e. The molecule has 9 heteroatoms. The van der Waals surface area contributed by atoms with Gasteiger partial charge < -0.3 is 4.74 Å². The van der Waals surface area contributed by atoms with Crippen molar-refractivity contribution in [2.75, 3.05) is 6.61 Å². The maximum absolute atomic E-state index is 12.4. The first kappa shape index (κ1) is 16.9. The van der Waals surface area contributed by atoms with E-state index < -0.39 is 24.5 Å². The molecule has 120 valence electrons. The van der Waals surface area contributed by atoms with Crippen LogP contribution in [0, 0.1) is 18.3 Å². The molecule has 0 bridgehead atoms. The van der Waals surface area contributed by atoms with Crippen LogP contribution < -0.4 is 4.74 Å². The van der Waals surface area contributed by atoms with Gasteiger partial charge in [-0.1, -0.05) is 0 Å². The highest BCUT2D eigenvalue weighted by Crippen LogP contribution is 2.25. The van der Waals surface area contributed by atoms with Crippen LogP contribution in [-0.2, 0) is 0 Å². The van der Waals surface area contributed by atoms with Gasteiger partial charge >= 0.3 is 6.18 Å². The van der Waals surface area contributed by atoms with Gasteiger partial charge in [0.2, 0.25) is 5.88 Å². The first-order valence-electron chi connectivity index (χ1n) is 6.31. The van der Waals surface area contributed by atoms with E-state index in [1.807, 2.05) is 6.07 Å². The fourth-order valence-corrected chi connectivity index (χ4v) is 2.53. The fourth-order valence-electron chi connectivity index (χ4n) is 1.69. The number of halogens is 3. The molecule has 2 heterocycles. The summed E-state index contributed by atoms with van der Waals surface area (Å²) >= 11 is 1.17. The molecule has 2 aromatic heterocycles. The summed E-state index contributed by atoms with van der Waals surface area (Å²) in [5.74, 6) is -2.02. The summed E-state index contributed by atoms with van der Waals surface area (Å²) in [7, 11) is 0. The molecule has 0 N–H and O–H groups in total. The number of nitriles is 1. The van der Waals surface area contributed by atoms with Gasteiger partial charge in [-0.2, -0.15) is 18.4 Å². The van der Waals surface area contributed by atoms with Crippen molar-refractivity contribution in [1.82, 2.24) is 9.97 Å². The molecule has 2 rings (SSSR count). The predicted molar refractivity (Wildman–Crippen MR) is 75.3 cm³/mol. The van der Waals surface area contributed by atoms with Crippen molar-refractivity contribution < 1.29 is 22.7 Å². The lowest BCUT2D eigenvalue weighted by Crippen LogP contribution is -2.20. The van der Waals surface area contributed by atoms with E-state index in [0.29, 0.717) is 10.7 Å². The second-order valence-electron chi connectivity index (χ2n) is 4.54. The highest BCUT2D eigenvalue weighted by atomic mass is 32.1. The van der Waals surface area contributed by atoms with Gasteiger partial charge in [-0.25, -0.2) is 9.97 Å². The zero-order valence-electron chi connectivity index (χ0n) is 11.8. The van der Waals surface area contributed by atoms with Crippen molar-refractivity contribution in [1.29, 1.82) is 5.26 Å². The number of aryl methyl sites for hydroxylation is 1. The Morgan fingerprint density at radius 2 is 2.26 bits per heavy atom. The van der Waals surface area contributed by atoms with Crippen molar-refractivity contribution in [3.05, 3.63) is 40.0 Å². The number of alkyl halides is 3. The molecule has 0 aliphatic carbocycles. The molecule has 0 radical (unpaired) electrons. The number of aromatic nitrogens is 2. The molecule has 1 unspecified atom stereocenters. The average molecular weight is 341 g/mol. The quantitative estimate of drug-likeness (QED) is 0.780. The van der Waals surface area contributed by atoms with Gasteiger partial charge in [-0.3, -0.25) is 4.79 Å². The highest BCUT2D eigenvalue weighted by molar-refractivity contribution is 7.10. The third kappa shape index (κ3) is 4.50. The molecule has 0 spiro atoms. The monoisotopic (exact) mass is 341 g/mol. The van der Waals surface area contributed by atoms with Crippen molar-refractivity contribution in [3.63, 3.8) is 0 Å². The van der Waals surface area contributed by atoms with Gasteiger partial charge in [0.05, 0.1) is 6.07 Å². The van der Waals surface area contributed by atoms with Crippen LogP contribution in [0.25, 0.3) is 0 Å². The number of ether oxygens (including phenoxy) is 1. The minimum atomic E-state index is -4.50. The van der Waals surface area contributed by atoms with Crippen molar-refractivity contribution in [2.45, 2.75) is 19.0 Å². The number of nitrogens with zero attached hydrogens (tertiary/aromatic N) is 3. The largest absolute Gasteiger partial charge is 0.468 e. The molecule has 1 atom stereocenters. The number of hydrogen-bond acceptors (Lipinski definition) is 6. The summed E-state index contributed by atoms with van der Waals surface area (Å²) in [6, 6.07) is 4.26. The van der Waals surface area contributed by atoms with Crippen LogP contribution in [0.15, 0.2) is 23.7 Å². The number of pyridine rings is 1. The smallest absolute Gasteiger partial charge is 0.422 e. The molecule has 0 aliphatic rings. The van der Waals surface area contributed by atoms with E-state index in [1.54, 1.807) is 12.3 Å². The van der Waals surface area contributed by atoms with Gasteiger partial charge in [0, 0.05) is 28.9 Å². The van der Waals surface area contributed by atoms with Crippen molar-refractivity contribution >= 4 is 17.1 Å². The zero-order valence-corrected chi connectivity index (χ0v) is 12.6. The Kier molecular flexibility index (Phi) is 4.95. The van der Waals surface area contributed by atoms with Crippen LogP contribution >= 0.6 is 11.3 Å². The molecular formula is C14H10F3N3O2S. The molecule has 0 saturated heterocycles. The van der Waals surface area contributed by atoms with Crippen LogP contribution in [0.2, 0.25) is 0 Å². The number of Topliss-reactive ketones (excluding diaryl/α,β-unsaturated/α-hetero) is 1. The van der Waals surface area contributed by atoms with E-state index in [4.69, 9.17) is 0 Å². The van der Waals surface area contributed by atoms with E-state index in [-0.39, 0.29) is 11.4 Å². The Morgan fingerprint density at radius 1 is 1.52 bits per heavy atom. The second kappa shape index (κ2) is 6.75. The van der Waals surface area contributed by atoms with E-state index in [0.717, 1.165) is 12.3 Å². The molecule has 0 fully saturated rings. The van der Waals surface area contributed by atoms with Crippen molar-refractivity contribution in [3.8, 4) is 11.9 Å². The maximum atomic E-state index is 12.4. The van der Waals surface area contributed by atoms with Crippen LogP contribution in [0.1, 0.15) is 27.0 Å². The lowest BCUT2D eigenvalue weighted by molar-refractivity contribution is -0.154. The lowest BCUT2D eigenvalue weighted by Gasteiger charge is -2.10. The first-order valence-corrected chi connectivity index (χ1v) is 7.19. The number of hydrogen-bond donors (Lipinski definition) is 0. The molecule has 5 nitrogen and oxygen atoms in total.